The summed E-state index contributed by atoms with van der Waals surface area (Å²) >= 11 is 1.22. The minimum Gasteiger partial charge on any atom is -0.462 e. The molecule has 8 heteroatoms. The van der Waals surface area contributed by atoms with Gasteiger partial charge in [0, 0.05) is 5.69 Å². The maximum atomic E-state index is 12.6. The molecular formula is C18H21N3O4S. The molecule has 26 heavy (non-hydrogen) atoms. The Kier molecular flexibility index (Phi) is 6.97. The van der Waals surface area contributed by atoms with Gasteiger partial charge in [-0.3, -0.25) is 14.2 Å². The molecule has 1 heterocycles. The molecule has 1 N–H and O–H groups in total. The van der Waals surface area contributed by atoms with Gasteiger partial charge in [-0.25, -0.2) is 9.78 Å². The van der Waals surface area contributed by atoms with Crippen molar-refractivity contribution in [3.8, 4) is 0 Å². The van der Waals surface area contributed by atoms with Crippen molar-refractivity contribution >= 4 is 29.3 Å². The Morgan fingerprint density at radius 2 is 1.92 bits per heavy atom. The standard InChI is InChI=1S/C18H21N3O4S/c1-4-12-6-8-13(9-7-12)20-15(22)11-21-16(23)14(17(24)25-5-2)10-19-18(21)26-3/h6-10H,4-5,11H2,1-3H3,(H,20,22). The molecule has 0 aliphatic rings. The lowest BCUT2D eigenvalue weighted by Gasteiger charge is -2.12. The zero-order valence-electron chi connectivity index (χ0n) is 14.9. The highest BCUT2D eigenvalue weighted by Gasteiger charge is 2.18. The average molecular weight is 375 g/mol. The van der Waals surface area contributed by atoms with Gasteiger partial charge in [-0.15, -0.1) is 0 Å². The Labute approximate surface area is 155 Å². The van der Waals surface area contributed by atoms with Crippen LogP contribution >= 0.6 is 11.8 Å². The second-order valence-corrected chi connectivity index (χ2v) is 6.14. The molecule has 138 valence electrons. The summed E-state index contributed by atoms with van der Waals surface area (Å²) in [4.78, 5) is 40.9. The third-order valence-corrected chi connectivity index (χ3v) is 4.33. The van der Waals surface area contributed by atoms with Crippen LogP contribution in [0.25, 0.3) is 0 Å². The van der Waals surface area contributed by atoms with E-state index < -0.39 is 11.5 Å². The molecule has 0 atom stereocenters. The van der Waals surface area contributed by atoms with E-state index in [1.54, 1.807) is 13.2 Å². The number of anilines is 1. The van der Waals surface area contributed by atoms with Gasteiger partial charge < -0.3 is 10.1 Å². The Balaban J connectivity index is 2.23. The van der Waals surface area contributed by atoms with Gasteiger partial charge in [0.15, 0.2) is 5.16 Å². The number of carbonyl (C=O) groups is 2. The summed E-state index contributed by atoms with van der Waals surface area (Å²) in [5.41, 5.74) is 1.01. The molecule has 2 rings (SSSR count). The fraction of sp³-hybridized carbons (Fsp3) is 0.333. The molecule has 0 saturated heterocycles. The highest BCUT2D eigenvalue weighted by molar-refractivity contribution is 7.98. The number of carbonyl (C=O) groups excluding carboxylic acids is 2. The lowest BCUT2D eigenvalue weighted by atomic mass is 10.1. The van der Waals surface area contributed by atoms with Gasteiger partial charge in [0.2, 0.25) is 5.91 Å². The second kappa shape index (κ2) is 9.19. The molecule has 0 radical (unpaired) electrons. The van der Waals surface area contributed by atoms with E-state index in [0.717, 1.165) is 12.0 Å². The van der Waals surface area contributed by atoms with Crippen molar-refractivity contribution in [1.29, 1.82) is 0 Å². The fourth-order valence-corrected chi connectivity index (χ4v) is 2.82. The molecule has 1 amide bonds. The van der Waals surface area contributed by atoms with E-state index in [2.05, 4.69) is 10.3 Å². The summed E-state index contributed by atoms with van der Waals surface area (Å²) in [5.74, 6) is -1.13. The Bertz CT molecular complexity index is 847. The first-order valence-electron chi connectivity index (χ1n) is 8.19. The van der Waals surface area contributed by atoms with Gasteiger partial charge >= 0.3 is 5.97 Å². The Hall–Kier alpha value is -2.61. The summed E-state index contributed by atoms with van der Waals surface area (Å²) in [6.45, 7) is 3.60. The maximum Gasteiger partial charge on any atom is 0.345 e. The number of hydrogen-bond donors (Lipinski definition) is 1. The van der Waals surface area contributed by atoms with Crippen LogP contribution in [0.5, 0.6) is 0 Å². The van der Waals surface area contributed by atoms with Gasteiger partial charge in [0.1, 0.15) is 12.1 Å². The molecule has 0 saturated carbocycles. The van der Waals surface area contributed by atoms with Crippen LogP contribution in [0.15, 0.2) is 40.4 Å². The zero-order chi connectivity index (χ0) is 19.1. The summed E-state index contributed by atoms with van der Waals surface area (Å²) in [6, 6.07) is 7.47. The second-order valence-electron chi connectivity index (χ2n) is 5.37. The van der Waals surface area contributed by atoms with E-state index in [1.807, 2.05) is 31.2 Å². The lowest BCUT2D eigenvalue weighted by molar-refractivity contribution is -0.116. The van der Waals surface area contributed by atoms with Crippen molar-refractivity contribution in [3.05, 3.63) is 51.9 Å². The van der Waals surface area contributed by atoms with Gasteiger partial charge in [0.25, 0.3) is 5.56 Å². The third kappa shape index (κ3) is 4.72. The monoisotopic (exact) mass is 375 g/mol. The molecule has 2 aromatic rings. The molecule has 1 aromatic heterocycles. The summed E-state index contributed by atoms with van der Waals surface area (Å²) in [5, 5.41) is 3.09. The molecule has 1 aromatic carbocycles. The first kappa shape index (κ1) is 19.7. The van der Waals surface area contributed by atoms with Gasteiger partial charge in [-0.1, -0.05) is 30.8 Å². The number of ether oxygens (including phenoxy) is 1. The number of thioether (sulfide) groups is 1. The van der Waals surface area contributed by atoms with E-state index in [0.29, 0.717) is 10.8 Å². The van der Waals surface area contributed by atoms with E-state index in [9.17, 15) is 14.4 Å². The number of esters is 1. The number of rotatable bonds is 7. The average Bonchev–Trinajstić information content (AvgIpc) is 2.64. The highest BCUT2D eigenvalue weighted by Crippen LogP contribution is 2.12. The molecule has 0 unspecified atom stereocenters. The van der Waals surface area contributed by atoms with Crippen molar-refractivity contribution in [2.75, 3.05) is 18.2 Å². The fourth-order valence-electron chi connectivity index (χ4n) is 2.30. The molecule has 7 nitrogen and oxygen atoms in total. The van der Waals surface area contributed by atoms with Gasteiger partial charge in [-0.2, -0.15) is 0 Å². The van der Waals surface area contributed by atoms with E-state index >= 15 is 0 Å². The van der Waals surface area contributed by atoms with Crippen LogP contribution in [0.2, 0.25) is 0 Å². The molecule has 0 spiro atoms. The Morgan fingerprint density at radius 3 is 2.50 bits per heavy atom. The highest BCUT2D eigenvalue weighted by atomic mass is 32.2. The SMILES string of the molecule is CCOC(=O)c1cnc(SC)n(CC(=O)Nc2ccc(CC)cc2)c1=O. The number of aryl methyl sites for hydroxylation is 1. The quantitative estimate of drug-likeness (QED) is 0.454. The zero-order valence-corrected chi connectivity index (χ0v) is 15.8. The smallest absolute Gasteiger partial charge is 0.345 e. The van der Waals surface area contributed by atoms with E-state index in [-0.39, 0.29) is 24.6 Å². The Morgan fingerprint density at radius 1 is 1.23 bits per heavy atom. The van der Waals surface area contributed by atoms with Crippen molar-refractivity contribution in [3.63, 3.8) is 0 Å². The molecule has 0 aliphatic carbocycles. The number of amides is 1. The maximum absolute atomic E-state index is 12.6. The summed E-state index contributed by atoms with van der Waals surface area (Å²) in [7, 11) is 0. The van der Waals surface area contributed by atoms with E-state index in [4.69, 9.17) is 4.74 Å². The predicted molar refractivity (Wildman–Crippen MR) is 101 cm³/mol. The van der Waals surface area contributed by atoms with Crippen molar-refractivity contribution < 1.29 is 14.3 Å². The number of nitrogens with one attached hydrogen (secondary N) is 1. The minimum absolute atomic E-state index is 0.150. The van der Waals surface area contributed by atoms with Crippen LogP contribution in [0.3, 0.4) is 0 Å². The van der Waals surface area contributed by atoms with Crippen LogP contribution in [0, 0.1) is 0 Å². The van der Waals surface area contributed by atoms with Crippen LogP contribution in [-0.2, 0) is 22.5 Å². The van der Waals surface area contributed by atoms with Gasteiger partial charge in [-0.05, 0) is 37.3 Å². The number of aromatic nitrogens is 2. The number of nitrogens with zero attached hydrogens (tertiary/aromatic N) is 2. The number of benzene rings is 1. The lowest BCUT2D eigenvalue weighted by Crippen LogP contribution is -2.33. The molecule has 0 aliphatic heterocycles. The third-order valence-electron chi connectivity index (χ3n) is 3.64. The van der Waals surface area contributed by atoms with Crippen molar-refractivity contribution in [2.45, 2.75) is 32.0 Å². The molecule has 0 fully saturated rings. The first-order chi connectivity index (χ1) is 12.5. The number of hydrogen-bond acceptors (Lipinski definition) is 6. The summed E-state index contributed by atoms with van der Waals surface area (Å²) < 4.78 is 6.03. The van der Waals surface area contributed by atoms with Crippen LogP contribution in [-0.4, -0.2) is 34.3 Å². The molecule has 0 bridgehead atoms. The topological polar surface area (TPSA) is 90.3 Å². The molecular weight excluding hydrogens is 354 g/mol. The largest absolute Gasteiger partial charge is 0.462 e. The van der Waals surface area contributed by atoms with Crippen LogP contribution in [0.1, 0.15) is 29.8 Å². The van der Waals surface area contributed by atoms with Gasteiger partial charge in [0.05, 0.1) is 12.8 Å². The normalized spacial score (nSPS) is 10.4. The van der Waals surface area contributed by atoms with Crippen molar-refractivity contribution in [2.24, 2.45) is 0 Å². The predicted octanol–water partition coefficient (Wildman–Crippen LogP) is 2.34. The minimum atomic E-state index is -0.748. The van der Waals surface area contributed by atoms with Crippen molar-refractivity contribution in [1.82, 2.24) is 9.55 Å². The first-order valence-corrected chi connectivity index (χ1v) is 9.42. The van der Waals surface area contributed by atoms with Crippen LogP contribution < -0.4 is 10.9 Å². The van der Waals surface area contributed by atoms with E-state index in [1.165, 1.54) is 22.5 Å². The van der Waals surface area contributed by atoms with Crippen LogP contribution in [0.4, 0.5) is 5.69 Å². The summed E-state index contributed by atoms with van der Waals surface area (Å²) in [6.07, 6.45) is 3.83.